The first kappa shape index (κ1) is 12.5. The third kappa shape index (κ3) is 4.67. The van der Waals surface area contributed by atoms with E-state index < -0.39 is 0 Å². The highest BCUT2D eigenvalue weighted by Gasteiger charge is 2.18. The fraction of sp³-hybridized carbons (Fsp3) is 0.500. The molecule has 3 heteroatoms. The Balaban J connectivity index is 2.56. The molecule has 1 aromatic carbocycles. The molecule has 0 aliphatic heterocycles. The van der Waals surface area contributed by atoms with Gasteiger partial charge in [-0.15, -0.1) is 11.8 Å². The minimum atomic E-state index is -0.186. The van der Waals surface area contributed by atoms with Crippen molar-refractivity contribution in [1.29, 1.82) is 0 Å². The van der Waals surface area contributed by atoms with Crippen LogP contribution < -0.4 is 0 Å². The Morgan fingerprint density at radius 2 is 1.87 bits per heavy atom. The molecule has 0 saturated heterocycles. The molecule has 1 rings (SSSR count). The molecule has 0 bridgehead atoms. The van der Waals surface area contributed by atoms with Gasteiger partial charge in [0.15, 0.2) is 0 Å². The zero-order chi connectivity index (χ0) is 11.3. The summed E-state index contributed by atoms with van der Waals surface area (Å²) in [5, 5.41) is 0. The van der Waals surface area contributed by atoms with Gasteiger partial charge < -0.3 is 4.74 Å². The topological polar surface area (TPSA) is 9.23 Å². The van der Waals surface area contributed by atoms with Crippen LogP contribution >= 0.6 is 11.8 Å². The van der Waals surface area contributed by atoms with Gasteiger partial charge in [-0.05, 0) is 30.7 Å². The van der Waals surface area contributed by atoms with Crippen LogP contribution in [0.4, 0.5) is 4.39 Å². The second-order valence-electron chi connectivity index (χ2n) is 4.06. The van der Waals surface area contributed by atoms with E-state index >= 15 is 0 Å². The van der Waals surface area contributed by atoms with E-state index in [4.69, 9.17) is 4.74 Å². The van der Waals surface area contributed by atoms with Crippen molar-refractivity contribution in [2.75, 3.05) is 13.7 Å². The van der Waals surface area contributed by atoms with E-state index in [9.17, 15) is 4.39 Å². The van der Waals surface area contributed by atoms with Crippen molar-refractivity contribution in [2.24, 2.45) is 0 Å². The highest BCUT2D eigenvalue weighted by Crippen LogP contribution is 2.34. The third-order valence-corrected chi connectivity index (χ3v) is 3.38. The van der Waals surface area contributed by atoms with E-state index in [1.54, 1.807) is 18.9 Å². The summed E-state index contributed by atoms with van der Waals surface area (Å²) >= 11 is 1.75. The summed E-state index contributed by atoms with van der Waals surface area (Å²) in [7, 11) is 1.71. The molecule has 0 aliphatic carbocycles. The normalized spacial score (nSPS) is 11.7. The molecule has 0 spiro atoms. The maximum atomic E-state index is 12.7. The van der Waals surface area contributed by atoms with Crippen molar-refractivity contribution >= 4 is 11.8 Å². The van der Waals surface area contributed by atoms with Crippen LogP contribution in [-0.2, 0) is 4.74 Å². The van der Waals surface area contributed by atoms with Crippen LogP contribution in [0.15, 0.2) is 29.2 Å². The van der Waals surface area contributed by atoms with Gasteiger partial charge in [0.25, 0.3) is 0 Å². The Kier molecular flexibility index (Phi) is 4.61. The summed E-state index contributed by atoms with van der Waals surface area (Å²) in [4.78, 5) is 1.09. The lowest BCUT2D eigenvalue weighted by molar-refractivity contribution is 0.187. The smallest absolute Gasteiger partial charge is 0.123 e. The number of ether oxygens (including phenoxy) is 1. The van der Waals surface area contributed by atoms with Gasteiger partial charge in [-0.1, -0.05) is 13.8 Å². The third-order valence-electron chi connectivity index (χ3n) is 2.12. The summed E-state index contributed by atoms with van der Waals surface area (Å²) in [5.74, 6) is -0.186. The minimum absolute atomic E-state index is 0.119. The molecule has 0 saturated carbocycles. The van der Waals surface area contributed by atoms with E-state index in [0.717, 1.165) is 17.9 Å². The Morgan fingerprint density at radius 1 is 1.27 bits per heavy atom. The summed E-state index contributed by atoms with van der Waals surface area (Å²) in [6.45, 7) is 5.08. The van der Waals surface area contributed by atoms with Gasteiger partial charge in [0.05, 0.1) is 0 Å². The molecule has 0 radical (unpaired) electrons. The molecule has 0 aromatic heterocycles. The minimum Gasteiger partial charge on any atom is -0.385 e. The van der Waals surface area contributed by atoms with Crippen molar-refractivity contribution in [3.8, 4) is 0 Å². The van der Waals surface area contributed by atoms with Gasteiger partial charge in [-0.2, -0.15) is 0 Å². The van der Waals surface area contributed by atoms with E-state index in [1.165, 1.54) is 12.1 Å². The van der Waals surface area contributed by atoms with Crippen molar-refractivity contribution in [1.82, 2.24) is 0 Å². The average Bonchev–Trinajstić information content (AvgIpc) is 2.18. The van der Waals surface area contributed by atoms with Gasteiger partial charge in [0, 0.05) is 23.4 Å². The van der Waals surface area contributed by atoms with Gasteiger partial charge in [-0.3, -0.25) is 0 Å². The van der Waals surface area contributed by atoms with Crippen LogP contribution in [0, 0.1) is 5.82 Å². The number of hydrogen-bond acceptors (Lipinski definition) is 2. The molecule has 1 nitrogen and oxygen atoms in total. The Morgan fingerprint density at radius 3 is 2.40 bits per heavy atom. The molecule has 1 aromatic rings. The molecular weight excluding hydrogens is 211 g/mol. The highest BCUT2D eigenvalue weighted by molar-refractivity contribution is 8.00. The van der Waals surface area contributed by atoms with Crippen molar-refractivity contribution < 1.29 is 9.13 Å². The number of methoxy groups -OCH3 is 1. The molecular formula is C12H17FOS. The van der Waals surface area contributed by atoms with Gasteiger partial charge in [-0.25, -0.2) is 4.39 Å². The number of hydrogen-bond donors (Lipinski definition) is 0. The maximum absolute atomic E-state index is 12.7. The molecule has 0 N–H and O–H groups in total. The van der Waals surface area contributed by atoms with Crippen molar-refractivity contribution in [2.45, 2.75) is 29.9 Å². The van der Waals surface area contributed by atoms with Crippen LogP contribution in [0.5, 0.6) is 0 Å². The predicted molar refractivity (Wildman–Crippen MR) is 62.8 cm³/mol. The molecule has 0 fully saturated rings. The summed E-state index contributed by atoms with van der Waals surface area (Å²) in [6, 6.07) is 6.62. The standard InChI is InChI=1S/C12H17FOS/c1-12(2,8-9-14-3)15-11-6-4-10(13)5-7-11/h4-7H,8-9H2,1-3H3. The highest BCUT2D eigenvalue weighted by atomic mass is 32.2. The monoisotopic (exact) mass is 228 g/mol. The molecule has 0 aliphatic rings. The Hall–Kier alpha value is -0.540. The van der Waals surface area contributed by atoms with E-state index in [0.29, 0.717) is 0 Å². The molecule has 0 heterocycles. The van der Waals surface area contributed by atoms with Crippen molar-refractivity contribution in [3.05, 3.63) is 30.1 Å². The second kappa shape index (κ2) is 5.52. The first-order valence-corrected chi connectivity index (χ1v) is 5.79. The largest absolute Gasteiger partial charge is 0.385 e. The quantitative estimate of drug-likeness (QED) is 0.710. The first-order chi connectivity index (χ1) is 7.03. The Bertz CT molecular complexity index is 295. The fourth-order valence-corrected chi connectivity index (χ4v) is 2.32. The number of halogens is 1. The molecule has 0 unspecified atom stereocenters. The van der Waals surface area contributed by atoms with E-state index in [2.05, 4.69) is 13.8 Å². The second-order valence-corrected chi connectivity index (χ2v) is 5.84. The molecule has 84 valence electrons. The lowest BCUT2D eigenvalue weighted by Gasteiger charge is -2.23. The van der Waals surface area contributed by atoms with Gasteiger partial charge in [0.2, 0.25) is 0 Å². The fourth-order valence-electron chi connectivity index (χ4n) is 1.22. The number of rotatable bonds is 5. The summed E-state index contributed by atoms with van der Waals surface area (Å²) < 4.78 is 17.9. The number of benzene rings is 1. The van der Waals surface area contributed by atoms with E-state index in [-0.39, 0.29) is 10.6 Å². The molecule has 15 heavy (non-hydrogen) atoms. The lowest BCUT2D eigenvalue weighted by atomic mass is 10.1. The summed E-state index contributed by atoms with van der Waals surface area (Å²) in [6.07, 6.45) is 0.978. The maximum Gasteiger partial charge on any atom is 0.123 e. The SMILES string of the molecule is COCCC(C)(C)Sc1ccc(F)cc1. The summed E-state index contributed by atoms with van der Waals surface area (Å²) in [5.41, 5.74) is 0. The first-order valence-electron chi connectivity index (χ1n) is 4.97. The average molecular weight is 228 g/mol. The zero-order valence-corrected chi connectivity index (χ0v) is 10.2. The predicted octanol–water partition coefficient (Wildman–Crippen LogP) is 3.73. The van der Waals surface area contributed by atoms with Crippen LogP contribution in [0.25, 0.3) is 0 Å². The number of thioether (sulfide) groups is 1. The van der Waals surface area contributed by atoms with E-state index in [1.807, 2.05) is 12.1 Å². The van der Waals surface area contributed by atoms with Gasteiger partial charge >= 0.3 is 0 Å². The lowest BCUT2D eigenvalue weighted by Crippen LogP contribution is -2.16. The zero-order valence-electron chi connectivity index (χ0n) is 9.42. The van der Waals surface area contributed by atoms with Crippen molar-refractivity contribution in [3.63, 3.8) is 0 Å². The van der Waals surface area contributed by atoms with Crippen LogP contribution in [0.1, 0.15) is 20.3 Å². The van der Waals surface area contributed by atoms with Crippen LogP contribution in [-0.4, -0.2) is 18.5 Å². The molecule has 0 amide bonds. The van der Waals surface area contributed by atoms with Crippen LogP contribution in [0.3, 0.4) is 0 Å². The Labute approximate surface area is 95.0 Å². The van der Waals surface area contributed by atoms with Gasteiger partial charge in [0.1, 0.15) is 5.82 Å². The van der Waals surface area contributed by atoms with Crippen LogP contribution in [0.2, 0.25) is 0 Å². The molecule has 0 atom stereocenters.